The van der Waals surface area contributed by atoms with Crippen LogP contribution in [0.25, 0.3) is 0 Å². The zero-order valence-electron chi connectivity index (χ0n) is 10.2. The summed E-state index contributed by atoms with van der Waals surface area (Å²) >= 11 is 9.17. The molecule has 1 rings (SSSR count). The van der Waals surface area contributed by atoms with E-state index in [4.69, 9.17) is 21.1 Å². The van der Waals surface area contributed by atoms with Crippen molar-refractivity contribution in [3.63, 3.8) is 0 Å². The van der Waals surface area contributed by atoms with Crippen LogP contribution in [0.2, 0.25) is 5.02 Å². The van der Waals surface area contributed by atoms with Gasteiger partial charge >= 0.3 is 0 Å². The second-order valence-electron chi connectivity index (χ2n) is 3.68. The summed E-state index contributed by atoms with van der Waals surface area (Å²) in [6.45, 7) is 0.809. The number of hydrogen-bond donors (Lipinski definition) is 1. The molecule has 1 atom stereocenters. The molecule has 0 aliphatic rings. The van der Waals surface area contributed by atoms with Gasteiger partial charge in [-0.2, -0.15) is 0 Å². The van der Waals surface area contributed by atoms with Crippen LogP contribution >= 0.6 is 27.5 Å². The third-order valence-electron chi connectivity index (χ3n) is 2.30. The van der Waals surface area contributed by atoms with Gasteiger partial charge in [-0.3, -0.25) is 4.79 Å². The van der Waals surface area contributed by atoms with Crippen LogP contribution in [0.4, 0.5) is 0 Å². The number of halogens is 2. The molecule has 6 heteroatoms. The van der Waals surface area contributed by atoms with E-state index in [0.29, 0.717) is 23.7 Å². The molecule has 0 aromatic heterocycles. The largest absolute Gasteiger partial charge is 0.382 e. The molecule has 0 saturated heterocycles. The third kappa shape index (κ3) is 4.94. The molecule has 0 saturated carbocycles. The Morgan fingerprint density at radius 3 is 2.72 bits per heavy atom. The number of amides is 1. The monoisotopic (exact) mass is 335 g/mol. The Hall–Kier alpha value is -0.620. The second kappa shape index (κ2) is 7.74. The number of rotatable bonds is 6. The van der Waals surface area contributed by atoms with Gasteiger partial charge in [-0.25, -0.2) is 0 Å². The fourth-order valence-electron chi connectivity index (χ4n) is 1.39. The fourth-order valence-corrected chi connectivity index (χ4v) is 2.25. The summed E-state index contributed by atoms with van der Waals surface area (Å²) in [5.41, 5.74) is 0.502. The van der Waals surface area contributed by atoms with Gasteiger partial charge in [0.25, 0.3) is 5.91 Å². The zero-order valence-corrected chi connectivity index (χ0v) is 12.5. The van der Waals surface area contributed by atoms with Crippen LogP contribution in [0.5, 0.6) is 0 Å². The summed E-state index contributed by atoms with van der Waals surface area (Å²) in [4.78, 5) is 11.9. The van der Waals surface area contributed by atoms with E-state index in [1.165, 1.54) is 0 Å². The number of hydrogen-bond acceptors (Lipinski definition) is 3. The highest BCUT2D eigenvalue weighted by Gasteiger charge is 2.11. The first-order valence-corrected chi connectivity index (χ1v) is 6.50. The molecule has 0 fully saturated rings. The minimum Gasteiger partial charge on any atom is -0.382 e. The minimum absolute atomic E-state index is 0.165. The Morgan fingerprint density at radius 2 is 2.17 bits per heavy atom. The van der Waals surface area contributed by atoms with Gasteiger partial charge in [0.15, 0.2) is 0 Å². The molecule has 1 aromatic carbocycles. The van der Waals surface area contributed by atoms with E-state index in [2.05, 4.69) is 21.2 Å². The van der Waals surface area contributed by atoms with Crippen LogP contribution in [0.1, 0.15) is 10.4 Å². The first kappa shape index (κ1) is 15.4. The molecule has 4 nitrogen and oxygen atoms in total. The minimum atomic E-state index is -0.198. The van der Waals surface area contributed by atoms with Gasteiger partial charge in [0.2, 0.25) is 0 Å². The zero-order chi connectivity index (χ0) is 13.5. The summed E-state index contributed by atoms with van der Waals surface area (Å²) in [5, 5.41) is 3.27. The third-order valence-corrected chi connectivity index (χ3v) is 2.98. The van der Waals surface area contributed by atoms with Crippen LogP contribution in [-0.2, 0) is 9.47 Å². The van der Waals surface area contributed by atoms with Crippen molar-refractivity contribution in [3.05, 3.63) is 33.3 Å². The maximum atomic E-state index is 11.9. The first-order chi connectivity index (χ1) is 8.56. The molecule has 100 valence electrons. The van der Waals surface area contributed by atoms with E-state index < -0.39 is 0 Å². The molecule has 1 aromatic rings. The maximum absolute atomic E-state index is 11.9. The predicted octanol–water partition coefficient (Wildman–Crippen LogP) is 2.49. The Balaban J connectivity index is 2.59. The fraction of sp³-hybridized carbons (Fsp3) is 0.417. The lowest BCUT2D eigenvalue weighted by Gasteiger charge is -2.15. The SMILES string of the molecule is COCC(CNC(=O)c1cc(Cl)cc(Br)c1)OC. The molecule has 1 unspecified atom stereocenters. The standard InChI is InChI=1S/C12H15BrClNO3/c1-17-7-11(18-2)6-15-12(16)8-3-9(13)5-10(14)4-8/h3-5,11H,6-7H2,1-2H3,(H,15,16). The number of benzene rings is 1. The molecule has 1 N–H and O–H groups in total. The lowest BCUT2D eigenvalue weighted by molar-refractivity contribution is 0.0285. The molecule has 0 radical (unpaired) electrons. The van der Waals surface area contributed by atoms with Gasteiger partial charge in [0.1, 0.15) is 0 Å². The molecule has 1 amide bonds. The van der Waals surface area contributed by atoms with Gasteiger partial charge in [0.05, 0.1) is 12.7 Å². The van der Waals surface area contributed by atoms with Gasteiger partial charge in [0, 0.05) is 35.8 Å². The number of nitrogens with one attached hydrogen (secondary N) is 1. The van der Waals surface area contributed by atoms with E-state index in [9.17, 15) is 4.79 Å². The van der Waals surface area contributed by atoms with Crippen molar-refractivity contribution in [3.8, 4) is 0 Å². The maximum Gasteiger partial charge on any atom is 0.251 e. The molecule has 0 spiro atoms. The van der Waals surface area contributed by atoms with Crippen LogP contribution in [0.15, 0.2) is 22.7 Å². The van der Waals surface area contributed by atoms with Crippen LogP contribution in [0, 0.1) is 0 Å². The average Bonchev–Trinajstić information content (AvgIpc) is 2.32. The molecule has 0 aliphatic heterocycles. The summed E-state index contributed by atoms with van der Waals surface area (Å²) in [6.07, 6.45) is -0.165. The van der Waals surface area contributed by atoms with Gasteiger partial charge < -0.3 is 14.8 Å². The van der Waals surface area contributed by atoms with Crippen molar-refractivity contribution >= 4 is 33.4 Å². The normalized spacial score (nSPS) is 12.2. The second-order valence-corrected chi connectivity index (χ2v) is 5.03. The van der Waals surface area contributed by atoms with Crippen molar-refractivity contribution < 1.29 is 14.3 Å². The predicted molar refractivity (Wildman–Crippen MR) is 74.2 cm³/mol. The van der Waals surface area contributed by atoms with E-state index in [1.54, 1.807) is 32.4 Å². The highest BCUT2D eigenvalue weighted by Crippen LogP contribution is 2.19. The summed E-state index contributed by atoms with van der Waals surface area (Å²) in [6, 6.07) is 5.04. The van der Waals surface area contributed by atoms with Crippen LogP contribution in [-0.4, -0.2) is 39.4 Å². The highest BCUT2D eigenvalue weighted by molar-refractivity contribution is 9.10. The summed E-state index contributed by atoms with van der Waals surface area (Å²) < 4.78 is 10.9. The quantitative estimate of drug-likeness (QED) is 0.868. The van der Waals surface area contributed by atoms with Crippen molar-refractivity contribution in [2.45, 2.75) is 6.10 Å². The summed E-state index contributed by atoms with van der Waals surface area (Å²) in [5.74, 6) is -0.198. The lowest BCUT2D eigenvalue weighted by atomic mass is 10.2. The van der Waals surface area contributed by atoms with E-state index in [0.717, 1.165) is 4.47 Å². The van der Waals surface area contributed by atoms with Crippen molar-refractivity contribution in [1.82, 2.24) is 5.32 Å². The Morgan fingerprint density at radius 1 is 1.44 bits per heavy atom. The number of carbonyl (C=O) groups excluding carboxylic acids is 1. The van der Waals surface area contributed by atoms with Crippen molar-refractivity contribution in [2.24, 2.45) is 0 Å². The topological polar surface area (TPSA) is 47.6 Å². The molecular weight excluding hydrogens is 321 g/mol. The Labute approximate surface area is 120 Å². The smallest absolute Gasteiger partial charge is 0.251 e. The molecule has 18 heavy (non-hydrogen) atoms. The van der Waals surface area contributed by atoms with E-state index >= 15 is 0 Å². The molecular formula is C12H15BrClNO3. The average molecular weight is 337 g/mol. The highest BCUT2D eigenvalue weighted by atomic mass is 79.9. The lowest BCUT2D eigenvalue weighted by Crippen LogP contribution is -2.35. The van der Waals surface area contributed by atoms with Crippen molar-refractivity contribution in [1.29, 1.82) is 0 Å². The van der Waals surface area contributed by atoms with Gasteiger partial charge in [-0.05, 0) is 18.2 Å². The van der Waals surface area contributed by atoms with Crippen LogP contribution in [0.3, 0.4) is 0 Å². The number of ether oxygens (including phenoxy) is 2. The number of methoxy groups -OCH3 is 2. The van der Waals surface area contributed by atoms with Crippen molar-refractivity contribution in [2.75, 3.05) is 27.4 Å². The molecule has 0 heterocycles. The van der Waals surface area contributed by atoms with E-state index in [1.807, 2.05) is 0 Å². The summed E-state index contributed by atoms with van der Waals surface area (Å²) in [7, 11) is 3.16. The van der Waals surface area contributed by atoms with Crippen LogP contribution < -0.4 is 5.32 Å². The Bertz CT molecular complexity index is 394. The number of carbonyl (C=O) groups is 1. The first-order valence-electron chi connectivity index (χ1n) is 5.33. The van der Waals surface area contributed by atoms with Gasteiger partial charge in [-0.15, -0.1) is 0 Å². The molecule has 0 bridgehead atoms. The molecule has 0 aliphatic carbocycles. The van der Waals surface area contributed by atoms with Gasteiger partial charge in [-0.1, -0.05) is 27.5 Å². The Kier molecular flexibility index (Phi) is 6.63. The van der Waals surface area contributed by atoms with E-state index in [-0.39, 0.29) is 12.0 Å².